The van der Waals surface area contributed by atoms with Crippen LogP contribution in [-0.2, 0) is 7.05 Å². The predicted molar refractivity (Wildman–Crippen MR) is 107 cm³/mol. The molecule has 1 aliphatic heterocycles. The first-order valence-electron chi connectivity index (χ1n) is 9.53. The van der Waals surface area contributed by atoms with E-state index in [2.05, 4.69) is 20.2 Å². The molecule has 0 bridgehead atoms. The summed E-state index contributed by atoms with van der Waals surface area (Å²) in [6, 6.07) is 5.68. The van der Waals surface area contributed by atoms with Crippen LogP contribution in [0.1, 0.15) is 32.1 Å². The fraction of sp³-hybridized carbons (Fsp3) is 0.450. The number of benzene rings is 1. The van der Waals surface area contributed by atoms with E-state index in [4.69, 9.17) is 0 Å². The average Bonchev–Trinajstić information content (AvgIpc) is 3.29. The van der Waals surface area contributed by atoms with Crippen LogP contribution in [-0.4, -0.2) is 38.2 Å². The first-order valence-corrected chi connectivity index (χ1v) is 10.3. The van der Waals surface area contributed by atoms with Gasteiger partial charge in [-0.25, -0.2) is 0 Å². The second-order valence-electron chi connectivity index (χ2n) is 7.94. The molecule has 1 saturated carbocycles. The quantitative estimate of drug-likeness (QED) is 0.740. The van der Waals surface area contributed by atoms with Crippen molar-refractivity contribution in [2.24, 2.45) is 12.5 Å². The zero-order chi connectivity index (χ0) is 18.4. The fourth-order valence-electron chi connectivity index (χ4n) is 4.43. The van der Waals surface area contributed by atoms with Gasteiger partial charge >= 0.3 is 0 Å². The van der Waals surface area contributed by atoms with Crippen molar-refractivity contribution < 1.29 is 5.11 Å². The summed E-state index contributed by atoms with van der Waals surface area (Å²) in [5, 5.41) is 25.2. The normalized spacial score (nSPS) is 18.6. The Morgan fingerprint density at radius 3 is 2.59 bits per heavy atom. The average molecular weight is 382 g/mol. The second-order valence-corrected chi connectivity index (χ2v) is 8.90. The van der Waals surface area contributed by atoms with E-state index >= 15 is 0 Å². The Morgan fingerprint density at radius 1 is 1.07 bits per heavy atom. The van der Waals surface area contributed by atoms with E-state index in [1.807, 2.05) is 25.4 Å². The lowest BCUT2D eigenvalue weighted by atomic mass is 9.69. The molecule has 0 unspecified atom stereocenters. The van der Waals surface area contributed by atoms with E-state index in [-0.39, 0.29) is 5.75 Å². The highest BCUT2D eigenvalue weighted by molar-refractivity contribution is 7.18. The van der Waals surface area contributed by atoms with Crippen molar-refractivity contribution in [3.8, 4) is 27.4 Å². The van der Waals surface area contributed by atoms with Crippen molar-refractivity contribution in [2.75, 3.05) is 18.0 Å². The maximum Gasteiger partial charge on any atom is 0.208 e. The van der Waals surface area contributed by atoms with E-state index in [1.54, 1.807) is 28.3 Å². The number of rotatable bonds is 3. The Labute approximate surface area is 162 Å². The van der Waals surface area contributed by atoms with Gasteiger partial charge in [-0.2, -0.15) is 5.10 Å². The third-order valence-corrected chi connectivity index (χ3v) is 6.94. The molecular weight excluding hydrogens is 358 g/mol. The first-order chi connectivity index (χ1) is 13.1. The molecule has 3 aromatic rings. The van der Waals surface area contributed by atoms with E-state index in [0.717, 1.165) is 39.9 Å². The smallest absolute Gasteiger partial charge is 0.208 e. The number of aryl methyl sites for hydroxylation is 1. The van der Waals surface area contributed by atoms with Gasteiger partial charge in [-0.15, -0.1) is 10.2 Å². The van der Waals surface area contributed by atoms with Gasteiger partial charge in [0.25, 0.3) is 0 Å². The van der Waals surface area contributed by atoms with Gasteiger partial charge < -0.3 is 10.0 Å². The Morgan fingerprint density at radius 2 is 1.89 bits per heavy atom. The minimum atomic E-state index is 0.228. The molecule has 5 rings (SSSR count). The van der Waals surface area contributed by atoms with Gasteiger partial charge in [0.2, 0.25) is 5.13 Å². The highest BCUT2D eigenvalue weighted by Crippen LogP contribution is 2.47. The standard InChI is InChI=1S/C20H23N5OS/c1-24-11-15(10-21-24)14-5-6-16(17(26)9-14)18-22-23-19(27-18)25-12-20(13-25)7-3-2-4-8-20/h5-6,9-11,26H,2-4,7-8,12-13H2,1H3. The SMILES string of the molecule is Cn1cc(-c2ccc(-c3nnc(N4CC5(CCCCC5)C4)s3)c(O)c2)cn1. The van der Waals surface area contributed by atoms with Crippen molar-refractivity contribution in [2.45, 2.75) is 32.1 Å². The number of aromatic nitrogens is 4. The topological polar surface area (TPSA) is 67.1 Å². The van der Waals surface area contributed by atoms with Crippen LogP contribution in [0.4, 0.5) is 5.13 Å². The van der Waals surface area contributed by atoms with E-state index in [0.29, 0.717) is 5.41 Å². The lowest BCUT2D eigenvalue weighted by Crippen LogP contribution is -2.57. The van der Waals surface area contributed by atoms with Crippen LogP contribution in [0.15, 0.2) is 30.6 Å². The van der Waals surface area contributed by atoms with E-state index in [1.165, 1.54) is 32.1 Å². The number of aromatic hydroxyl groups is 1. The summed E-state index contributed by atoms with van der Waals surface area (Å²) in [6.45, 7) is 2.21. The van der Waals surface area contributed by atoms with Gasteiger partial charge in [-0.3, -0.25) is 4.68 Å². The number of hydrogen-bond acceptors (Lipinski definition) is 6. The Kier molecular flexibility index (Phi) is 3.93. The van der Waals surface area contributed by atoms with Crippen LogP contribution in [0.5, 0.6) is 5.75 Å². The van der Waals surface area contributed by atoms with Crippen molar-refractivity contribution >= 4 is 16.5 Å². The monoisotopic (exact) mass is 381 g/mol. The zero-order valence-electron chi connectivity index (χ0n) is 15.4. The van der Waals surface area contributed by atoms with Crippen molar-refractivity contribution in [1.82, 2.24) is 20.0 Å². The van der Waals surface area contributed by atoms with Crippen LogP contribution in [0.3, 0.4) is 0 Å². The highest BCUT2D eigenvalue weighted by atomic mass is 32.1. The zero-order valence-corrected chi connectivity index (χ0v) is 16.2. The van der Waals surface area contributed by atoms with Gasteiger partial charge in [0.15, 0.2) is 5.01 Å². The lowest BCUT2D eigenvalue weighted by molar-refractivity contribution is 0.139. The number of phenolic OH excluding ortho intramolecular Hbond substituents is 1. The number of anilines is 1. The molecule has 6 nitrogen and oxygen atoms in total. The minimum absolute atomic E-state index is 0.228. The number of hydrogen-bond donors (Lipinski definition) is 1. The molecule has 3 heterocycles. The first kappa shape index (κ1) is 16.7. The van der Waals surface area contributed by atoms with Crippen molar-refractivity contribution in [3.63, 3.8) is 0 Å². The molecule has 2 aromatic heterocycles. The Hall–Kier alpha value is -2.41. The Bertz CT molecular complexity index is 964. The summed E-state index contributed by atoms with van der Waals surface area (Å²) in [6.07, 6.45) is 10.6. The maximum absolute atomic E-state index is 10.5. The van der Waals surface area contributed by atoms with Gasteiger partial charge in [0.05, 0.1) is 11.8 Å². The molecule has 1 N–H and O–H groups in total. The number of nitrogens with zero attached hydrogens (tertiary/aromatic N) is 5. The molecule has 27 heavy (non-hydrogen) atoms. The number of phenols is 1. The molecular formula is C20H23N5OS. The van der Waals surface area contributed by atoms with Gasteiger partial charge in [-0.1, -0.05) is 36.7 Å². The van der Waals surface area contributed by atoms with Crippen LogP contribution in [0.2, 0.25) is 0 Å². The van der Waals surface area contributed by atoms with Gasteiger partial charge in [0, 0.05) is 37.3 Å². The second kappa shape index (κ2) is 6.34. The predicted octanol–water partition coefficient (Wildman–Crippen LogP) is 4.08. The van der Waals surface area contributed by atoms with Crippen molar-refractivity contribution in [1.29, 1.82) is 0 Å². The molecule has 0 radical (unpaired) electrons. The van der Waals surface area contributed by atoms with Crippen LogP contribution in [0.25, 0.3) is 21.7 Å². The molecule has 2 aliphatic rings. The summed E-state index contributed by atoms with van der Waals surface area (Å²) in [5.41, 5.74) is 3.18. The molecule has 0 atom stereocenters. The summed E-state index contributed by atoms with van der Waals surface area (Å²) < 4.78 is 1.75. The fourth-order valence-corrected chi connectivity index (χ4v) is 5.31. The third-order valence-electron chi connectivity index (χ3n) is 5.92. The lowest BCUT2D eigenvalue weighted by Gasteiger charge is -2.52. The maximum atomic E-state index is 10.5. The minimum Gasteiger partial charge on any atom is -0.507 e. The molecule has 1 saturated heterocycles. The van der Waals surface area contributed by atoms with Crippen LogP contribution in [0, 0.1) is 5.41 Å². The van der Waals surface area contributed by atoms with Crippen LogP contribution < -0.4 is 4.90 Å². The largest absolute Gasteiger partial charge is 0.507 e. The molecule has 0 amide bonds. The molecule has 1 aromatic carbocycles. The molecule has 140 valence electrons. The summed E-state index contributed by atoms with van der Waals surface area (Å²) in [5.74, 6) is 0.228. The van der Waals surface area contributed by atoms with E-state index < -0.39 is 0 Å². The summed E-state index contributed by atoms with van der Waals surface area (Å²) >= 11 is 1.56. The van der Waals surface area contributed by atoms with E-state index in [9.17, 15) is 5.11 Å². The molecule has 7 heteroatoms. The molecule has 2 fully saturated rings. The summed E-state index contributed by atoms with van der Waals surface area (Å²) in [7, 11) is 1.88. The molecule has 1 aliphatic carbocycles. The molecule has 1 spiro atoms. The van der Waals surface area contributed by atoms with Gasteiger partial charge in [-0.05, 0) is 30.5 Å². The van der Waals surface area contributed by atoms with Crippen LogP contribution >= 0.6 is 11.3 Å². The Balaban J connectivity index is 1.34. The van der Waals surface area contributed by atoms with Crippen molar-refractivity contribution in [3.05, 3.63) is 30.6 Å². The third kappa shape index (κ3) is 3.00. The van der Waals surface area contributed by atoms with Gasteiger partial charge in [0.1, 0.15) is 5.75 Å². The summed E-state index contributed by atoms with van der Waals surface area (Å²) in [4.78, 5) is 2.34. The highest BCUT2D eigenvalue weighted by Gasteiger charge is 2.44.